The van der Waals surface area contributed by atoms with Gasteiger partial charge in [-0.1, -0.05) is 6.07 Å². The van der Waals surface area contributed by atoms with E-state index in [1.165, 1.54) is 0 Å². The quantitative estimate of drug-likeness (QED) is 0.900. The van der Waals surface area contributed by atoms with E-state index in [1.807, 2.05) is 24.4 Å². The van der Waals surface area contributed by atoms with Crippen molar-refractivity contribution < 1.29 is 5.11 Å². The molecule has 0 aliphatic carbocycles. The maximum absolute atomic E-state index is 8.87. The fourth-order valence-electron chi connectivity index (χ4n) is 2.85. The standard InChI is InChI=1S/C14H20N4O/c19-11-3-7-17-9-5-12(6-10-17)14-16-15-13-4-1-2-8-18(13)14/h1-2,4,8,12,19H,3,5-7,9-11H2. The lowest BCUT2D eigenvalue weighted by Gasteiger charge is -2.30. The fraction of sp³-hybridized carbons (Fsp3) is 0.571. The smallest absolute Gasteiger partial charge is 0.160 e. The normalized spacial score (nSPS) is 18.2. The molecule has 3 heterocycles. The van der Waals surface area contributed by atoms with E-state index >= 15 is 0 Å². The molecule has 0 saturated carbocycles. The number of nitrogens with zero attached hydrogens (tertiary/aromatic N) is 4. The second kappa shape index (κ2) is 5.67. The van der Waals surface area contributed by atoms with Crippen LogP contribution in [-0.4, -0.2) is 50.8 Å². The Morgan fingerprint density at radius 3 is 2.84 bits per heavy atom. The number of aromatic nitrogens is 3. The summed E-state index contributed by atoms with van der Waals surface area (Å²) in [6, 6.07) is 6.01. The monoisotopic (exact) mass is 260 g/mol. The first-order valence-electron chi connectivity index (χ1n) is 7.01. The zero-order chi connectivity index (χ0) is 13.1. The molecule has 1 aliphatic rings. The van der Waals surface area contributed by atoms with Gasteiger partial charge in [-0.3, -0.25) is 4.40 Å². The van der Waals surface area contributed by atoms with Gasteiger partial charge in [0, 0.05) is 25.3 Å². The number of piperidine rings is 1. The number of rotatable bonds is 4. The van der Waals surface area contributed by atoms with Crippen molar-refractivity contribution in [3.8, 4) is 0 Å². The van der Waals surface area contributed by atoms with Crippen LogP contribution in [0, 0.1) is 0 Å². The summed E-state index contributed by atoms with van der Waals surface area (Å²) in [5, 5.41) is 17.5. The van der Waals surface area contributed by atoms with E-state index < -0.39 is 0 Å². The molecule has 1 fully saturated rings. The number of pyridine rings is 1. The minimum atomic E-state index is 0.286. The van der Waals surface area contributed by atoms with Gasteiger partial charge in [0.1, 0.15) is 5.82 Å². The third-order valence-corrected chi connectivity index (χ3v) is 3.93. The number of likely N-dealkylation sites (tertiary alicyclic amines) is 1. The predicted octanol–water partition coefficient (Wildman–Crippen LogP) is 1.29. The number of hydrogen-bond donors (Lipinski definition) is 1. The molecule has 1 saturated heterocycles. The SMILES string of the molecule is OCCCN1CCC(c2nnc3ccccn23)CC1. The summed E-state index contributed by atoms with van der Waals surface area (Å²) in [6.45, 7) is 3.47. The molecule has 2 aromatic rings. The van der Waals surface area contributed by atoms with Gasteiger partial charge in [0.2, 0.25) is 0 Å². The van der Waals surface area contributed by atoms with Crippen LogP contribution in [0.1, 0.15) is 31.0 Å². The summed E-state index contributed by atoms with van der Waals surface area (Å²) in [6.07, 6.45) is 5.17. The van der Waals surface area contributed by atoms with Gasteiger partial charge in [0.05, 0.1) is 0 Å². The van der Waals surface area contributed by atoms with Gasteiger partial charge in [0.15, 0.2) is 5.65 Å². The summed E-state index contributed by atoms with van der Waals surface area (Å²) >= 11 is 0. The Morgan fingerprint density at radius 1 is 1.21 bits per heavy atom. The lowest BCUT2D eigenvalue weighted by atomic mass is 9.96. The molecule has 5 nitrogen and oxygen atoms in total. The summed E-state index contributed by atoms with van der Waals surface area (Å²) in [5.74, 6) is 1.60. The van der Waals surface area contributed by atoms with E-state index in [0.717, 1.165) is 50.4 Å². The molecule has 0 spiro atoms. The lowest BCUT2D eigenvalue weighted by molar-refractivity contribution is 0.185. The highest BCUT2D eigenvalue weighted by Gasteiger charge is 2.23. The third kappa shape index (κ3) is 2.62. The topological polar surface area (TPSA) is 53.7 Å². The molecule has 1 aliphatic heterocycles. The van der Waals surface area contributed by atoms with Crippen LogP contribution in [0.4, 0.5) is 0 Å². The maximum Gasteiger partial charge on any atom is 0.160 e. The van der Waals surface area contributed by atoms with Crippen LogP contribution in [0.2, 0.25) is 0 Å². The molecule has 0 atom stereocenters. The van der Waals surface area contributed by atoms with E-state index in [9.17, 15) is 0 Å². The Hall–Kier alpha value is -1.46. The molecule has 0 bridgehead atoms. The first-order chi connectivity index (χ1) is 9.38. The zero-order valence-electron chi connectivity index (χ0n) is 11.1. The van der Waals surface area contributed by atoms with E-state index in [1.54, 1.807) is 0 Å². The maximum atomic E-state index is 8.87. The van der Waals surface area contributed by atoms with Crippen molar-refractivity contribution >= 4 is 5.65 Å². The summed E-state index contributed by atoms with van der Waals surface area (Å²) < 4.78 is 2.11. The van der Waals surface area contributed by atoms with Crippen LogP contribution in [-0.2, 0) is 0 Å². The van der Waals surface area contributed by atoms with Gasteiger partial charge >= 0.3 is 0 Å². The Labute approximate surface area is 112 Å². The van der Waals surface area contributed by atoms with E-state index in [4.69, 9.17) is 5.11 Å². The third-order valence-electron chi connectivity index (χ3n) is 3.93. The van der Waals surface area contributed by atoms with Gasteiger partial charge in [0.25, 0.3) is 0 Å². The number of aliphatic hydroxyl groups excluding tert-OH is 1. The van der Waals surface area contributed by atoms with Crippen molar-refractivity contribution in [2.45, 2.75) is 25.2 Å². The Morgan fingerprint density at radius 2 is 2.05 bits per heavy atom. The van der Waals surface area contributed by atoms with Gasteiger partial charge in [-0.05, 0) is 44.5 Å². The van der Waals surface area contributed by atoms with Gasteiger partial charge < -0.3 is 10.0 Å². The number of fused-ring (bicyclic) bond motifs is 1. The van der Waals surface area contributed by atoms with Crippen molar-refractivity contribution in [3.05, 3.63) is 30.2 Å². The summed E-state index contributed by atoms with van der Waals surface area (Å²) in [7, 11) is 0. The van der Waals surface area contributed by atoms with E-state index in [0.29, 0.717) is 5.92 Å². The highest BCUT2D eigenvalue weighted by molar-refractivity contribution is 5.37. The van der Waals surface area contributed by atoms with Gasteiger partial charge in [-0.25, -0.2) is 0 Å². The Kier molecular flexibility index (Phi) is 3.75. The molecule has 3 rings (SSSR count). The van der Waals surface area contributed by atoms with E-state index in [-0.39, 0.29) is 6.61 Å². The van der Waals surface area contributed by atoms with Gasteiger partial charge in [-0.2, -0.15) is 0 Å². The van der Waals surface area contributed by atoms with E-state index in [2.05, 4.69) is 19.5 Å². The van der Waals surface area contributed by atoms with Crippen LogP contribution in [0.3, 0.4) is 0 Å². The van der Waals surface area contributed by atoms with Crippen molar-refractivity contribution in [1.82, 2.24) is 19.5 Å². The molecule has 0 unspecified atom stereocenters. The highest BCUT2D eigenvalue weighted by Crippen LogP contribution is 2.26. The molecule has 0 aromatic carbocycles. The van der Waals surface area contributed by atoms with Crippen LogP contribution in [0.25, 0.3) is 5.65 Å². The number of hydrogen-bond acceptors (Lipinski definition) is 4. The molecule has 5 heteroatoms. The van der Waals surface area contributed by atoms with Gasteiger partial charge in [-0.15, -0.1) is 10.2 Å². The zero-order valence-corrected chi connectivity index (χ0v) is 11.1. The highest BCUT2D eigenvalue weighted by atomic mass is 16.3. The van der Waals surface area contributed by atoms with Crippen molar-refractivity contribution in [1.29, 1.82) is 0 Å². The van der Waals surface area contributed by atoms with Crippen LogP contribution >= 0.6 is 0 Å². The molecule has 0 amide bonds. The second-order valence-corrected chi connectivity index (χ2v) is 5.18. The summed E-state index contributed by atoms with van der Waals surface area (Å²) in [5.41, 5.74) is 0.931. The fourth-order valence-corrected chi connectivity index (χ4v) is 2.85. The lowest BCUT2D eigenvalue weighted by Crippen LogP contribution is -2.34. The predicted molar refractivity (Wildman–Crippen MR) is 73.1 cm³/mol. The molecule has 2 aromatic heterocycles. The largest absolute Gasteiger partial charge is 0.396 e. The first kappa shape index (κ1) is 12.6. The van der Waals surface area contributed by atoms with Crippen molar-refractivity contribution in [2.75, 3.05) is 26.2 Å². The Bertz CT molecular complexity index is 531. The second-order valence-electron chi connectivity index (χ2n) is 5.18. The summed E-state index contributed by atoms with van der Waals surface area (Å²) in [4.78, 5) is 2.43. The molecule has 102 valence electrons. The molecule has 1 N–H and O–H groups in total. The average molecular weight is 260 g/mol. The first-order valence-corrected chi connectivity index (χ1v) is 7.01. The van der Waals surface area contributed by atoms with Crippen LogP contribution in [0.15, 0.2) is 24.4 Å². The molecule has 0 radical (unpaired) electrons. The minimum Gasteiger partial charge on any atom is -0.396 e. The van der Waals surface area contributed by atoms with Crippen LogP contribution < -0.4 is 0 Å². The number of aliphatic hydroxyl groups is 1. The minimum absolute atomic E-state index is 0.286. The van der Waals surface area contributed by atoms with Crippen LogP contribution in [0.5, 0.6) is 0 Å². The molecule has 19 heavy (non-hydrogen) atoms. The molecular formula is C14H20N4O. The molecular weight excluding hydrogens is 240 g/mol. The van der Waals surface area contributed by atoms with Crippen molar-refractivity contribution in [2.24, 2.45) is 0 Å². The Balaban J connectivity index is 1.68. The average Bonchev–Trinajstić information content (AvgIpc) is 2.90. The van der Waals surface area contributed by atoms with Crippen molar-refractivity contribution in [3.63, 3.8) is 0 Å².